The lowest BCUT2D eigenvalue weighted by atomic mass is 9.85. The number of aliphatic carboxylic acids is 1. The number of nitrogens with zero attached hydrogens (tertiary/aromatic N) is 1. The van der Waals surface area contributed by atoms with Crippen LogP contribution in [0.3, 0.4) is 0 Å². The Bertz CT molecular complexity index is 1390. The molecule has 1 aliphatic heterocycles. The highest BCUT2D eigenvalue weighted by molar-refractivity contribution is 6.38. The number of carbonyl (C=O) groups is 6. The molecule has 1 aromatic carbocycles. The maximum atomic E-state index is 14.2. The highest BCUT2D eigenvalue weighted by Crippen LogP contribution is 2.65. The first kappa shape index (κ1) is 35.9. The number of carbonyl (C=O) groups excluding carboxylic acids is 5. The van der Waals surface area contributed by atoms with Gasteiger partial charge in [0.05, 0.1) is 6.04 Å². The highest BCUT2D eigenvalue weighted by Gasteiger charge is 2.70. The zero-order chi connectivity index (χ0) is 35.1. The molecule has 3 aliphatic rings. The SMILES string of the molecule is CC(C)(C)[C@H](NC(=O)N[C@H](C(=O)N1C[C@H]2[C@@H]([C@H]1C(=O)NC(CC1CC1)C(=O)C(=O)NCc1ccccc1)C2(C)C)C(C)(C)C)C(=O)O. The molecule has 6 atom stereocenters. The fourth-order valence-corrected chi connectivity index (χ4v) is 6.78. The van der Waals surface area contributed by atoms with Crippen LogP contribution in [-0.4, -0.2) is 76.2 Å². The van der Waals surface area contributed by atoms with E-state index in [9.17, 15) is 33.9 Å². The van der Waals surface area contributed by atoms with Crippen LogP contribution in [0.25, 0.3) is 0 Å². The number of piperidine rings is 1. The van der Waals surface area contributed by atoms with Gasteiger partial charge in [0.25, 0.3) is 5.91 Å². The highest BCUT2D eigenvalue weighted by atomic mass is 16.4. The summed E-state index contributed by atoms with van der Waals surface area (Å²) >= 11 is 0. The van der Waals surface area contributed by atoms with Gasteiger partial charge < -0.3 is 31.3 Å². The van der Waals surface area contributed by atoms with Gasteiger partial charge in [-0.15, -0.1) is 0 Å². The molecule has 5 amide bonds. The average Bonchev–Trinajstić information content (AvgIpc) is 3.83. The number of urea groups is 1. The van der Waals surface area contributed by atoms with Crippen LogP contribution in [0.15, 0.2) is 30.3 Å². The van der Waals surface area contributed by atoms with Gasteiger partial charge in [0.2, 0.25) is 17.6 Å². The molecule has 12 heteroatoms. The largest absolute Gasteiger partial charge is 0.480 e. The summed E-state index contributed by atoms with van der Waals surface area (Å²) in [5.41, 5.74) is -0.959. The monoisotopic (exact) mass is 653 g/mol. The molecule has 1 aromatic rings. The molecular weight excluding hydrogens is 602 g/mol. The van der Waals surface area contributed by atoms with Gasteiger partial charge in [-0.3, -0.25) is 19.2 Å². The summed E-state index contributed by atoms with van der Waals surface area (Å²) in [5.74, 6) is -3.56. The molecule has 1 heterocycles. The fraction of sp³-hybridized carbons (Fsp3) is 0.657. The third-order valence-electron chi connectivity index (χ3n) is 9.96. The van der Waals surface area contributed by atoms with Crippen molar-refractivity contribution in [2.45, 2.75) is 105 Å². The first-order valence-electron chi connectivity index (χ1n) is 16.5. The number of rotatable bonds is 12. The van der Waals surface area contributed by atoms with E-state index in [1.54, 1.807) is 41.5 Å². The number of Topliss-reactive ketones (excluding diaryl/α,β-unsaturated/α-hetero) is 1. The van der Waals surface area contributed by atoms with Crippen molar-refractivity contribution in [3.05, 3.63) is 35.9 Å². The maximum absolute atomic E-state index is 14.2. The molecule has 258 valence electrons. The Kier molecular flexibility index (Phi) is 10.1. The van der Waals surface area contributed by atoms with Crippen LogP contribution in [0.2, 0.25) is 0 Å². The van der Waals surface area contributed by atoms with Crippen LogP contribution in [0.1, 0.15) is 80.2 Å². The van der Waals surface area contributed by atoms with Crippen molar-refractivity contribution in [3.8, 4) is 0 Å². The number of hydrogen-bond acceptors (Lipinski definition) is 6. The number of carboxylic acid groups (broad SMARTS) is 1. The van der Waals surface area contributed by atoms with Gasteiger partial charge in [0.1, 0.15) is 18.1 Å². The molecule has 1 saturated heterocycles. The normalized spacial score (nSPS) is 23.4. The molecule has 12 nitrogen and oxygen atoms in total. The summed E-state index contributed by atoms with van der Waals surface area (Å²) in [6.07, 6.45) is 2.17. The third kappa shape index (κ3) is 8.31. The first-order chi connectivity index (χ1) is 21.7. The summed E-state index contributed by atoms with van der Waals surface area (Å²) in [6.45, 7) is 15.0. The molecule has 0 bridgehead atoms. The summed E-state index contributed by atoms with van der Waals surface area (Å²) < 4.78 is 0. The van der Waals surface area contributed by atoms with E-state index in [0.717, 1.165) is 18.4 Å². The molecule has 2 saturated carbocycles. The summed E-state index contributed by atoms with van der Waals surface area (Å²) in [7, 11) is 0. The van der Waals surface area contributed by atoms with Gasteiger partial charge >= 0.3 is 12.0 Å². The second-order valence-corrected chi connectivity index (χ2v) is 16.2. The molecule has 1 unspecified atom stereocenters. The number of benzene rings is 1. The number of ketones is 1. The van der Waals surface area contributed by atoms with E-state index in [-0.39, 0.29) is 29.7 Å². The van der Waals surface area contributed by atoms with E-state index < -0.39 is 70.5 Å². The molecule has 0 aromatic heterocycles. The lowest BCUT2D eigenvalue weighted by molar-refractivity contribution is -0.145. The van der Waals surface area contributed by atoms with E-state index >= 15 is 0 Å². The quantitative estimate of drug-likeness (QED) is 0.216. The first-order valence-corrected chi connectivity index (χ1v) is 16.5. The second kappa shape index (κ2) is 13.3. The Morgan fingerprint density at radius 1 is 0.894 bits per heavy atom. The zero-order valence-corrected chi connectivity index (χ0v) is 28.8. The number of amides is 5. The van der Waals surface area contributed by atoms with Crippen LogP contribution in [-0.2, 0) is 30.5 Å². The molecule has 0 radical (unpaired) electrons. The Morgan fingerprint density at radius 2 is 1.47 bits per heavy atom. The van der Waals surface area contributed by atoms with Crippen molar-refractivity contribution in [2.75, 3.05) is 6.54 Å². The van der Waals surface area contributed by atoms with E-state index in [4.69, 9.17) is 0 Å². The van der Waals surface area contributed by atoms with E-state index in [1.807, 2.05) is 44.2 Å². The predicted molar refractivity (Wildman–Crippen MR) is 175 cm³/mol. The van der Waals surface area contributed by atoms with Crippen molar-refractivity contribution in [1.29, 1.82) is 0 Å². The van der Waals surface area contributed by atoms with Gasteiger partial charge in [0, 0.05) is 13.1 Å². The molecule has 0 spiro atoms. The molecule has 4 rings (SSSR count). The standard InChI is InChI=1S/C35H51N5O7/c1-33(2,3)26(38-32(47)39-27(31(45)46)34(4,5)6)30(44)40-18-21-23(35(21,7)8)24(40)28(42)37-22(16-19-14-15-19)25(41)29(43)36-17-20-12-10-9-11-13-20/h9-13,19,21-24,26-27H,14-18H2,1-8H3,(H,36,43)(H,37,42)(H,45,46)(H2,38,39,47)/t21-,22?,23-,24-,26+,27+/m0/s1. The van der Waals surface area contributed by atoms with Gasteiger partial charge in [0.15, 0.2) is 0 Å². The minimum Gasteiger partial charge on any atom is -0.480 e. The van der Waals surface area contributed by atoms with Gasteiger partial charge in [-0.2, -0.15) is 0 Å². The Balaban J connectivity index is 1.51. The Morgan fingerprint density at radius 3 is 2.00 bits per heavy atom. The number of nitrogens with one attached hydrogen (secondary N) is 4. The van der Waals surface area contributed by atoms with E-state index in [2.05, 4.69) is 21.3 Å². The topological polar surface area (TPSA) is 174 Å². The minimum absolute atomic E-state index is 0.0423. The van der Waals surface area contributed by atoms with Crippen molar-refractivity contribution in [1.82, 2.24) is 26.2 Å². The summed E-state index contributed by atoms with van der Waals surface area (Å²) in [4.78, 5) is 81.1. The van der Waals surface area contributed by atoms with Crippen LogP contribution in [0.5, 0.6) is 0 Å². The molecule has 3 fully saturated rings. The summed E-state index contributed by atoms with van der Waals surface area (Å²) in [5, 5.41) is 20.4. The summed E-state index contributed by atoms with van der Waals surface area (Å²) in [6, 6.07) is 4.19. The van der Waals surface area contributed by atoms with Gasteiger partial charge in [-0.25, -0.2) is 9.59 Å². The van der Waals surface area contributed by atoms with Gasteiger partial charge in [-0.1, -0.05) is 98.6 Å². The fourth-order valence-electron chi connectivity index (χ4n) is 6.78. The molecule has 5 N–H and O–H groups in total. The lowest BCUT2D eigenvalue weighted by Crippen LogP contribution is -2.62. The van der Waals surface area contributed by atoms with E-state index in [0.29, 0.717) is 13.0 Å². The average molecular weight is 654 g/mol. The van der Waals surface area contributed by atoms with Crippen LogP contribution in [0.4, 0.5) is 4.79 Å². The van der Waals surface area contributed by atoms with Crippen molar-refractivity contribution >= 4 is 35.5 Å². The molecular formula is C35H51N5O7. The predicted octanol–water partition coefficient (Wildman–Crippen LogP) is 2.85. The molecule has 47 heavy (non-hydrogen) atoms. The Labute approximate surface area is 277 Å². The Hall–Kier alpha value is -3.96. The lowest BCUT2D eigenvalue weighted by Gasteiger charge is -2.38. The molecule has 2 aliphatic carbocycles. The number of fused-ring (bicyclic) bond motifs is 1. The smallest absolute Gasteiger partial charge is 0.326 e. The number of hydrogen-bond donors (Lipinski definition) is 5. The third-order valence-corrected chi connectivity index (χ3v) is 9.96. The van der Waals surface area contributed by atoms with Crippen LogP contribution in [0, 0.1) is 34.0 Å². The van der Waals surface area contributed by atoms with Crippen molar-refractivity contribution in [3.63, 3.8) is 0 Å². The van der Waals surface area contributed by atoms with Crippen molar-refractivity contribution < 1.29 is 33.9 Å². The van der Waals surface area contributed by atoms with Gasteiger partial charge in [-0.05, 0) is 46.0 Å². The number of carboxylic acids is 1. The zero-order valence-electron chi connectivity index (χ0n) is 28.8. The van der Waals surface area contributed by atoms with Crippen molar-refractivity contribution in [2.24, 2.45) is 34.0 Å². The minimum atomic E-state index is -1.21. The van der Waals surface area contributed by atoms with E-state index in [1.165, 1.54) is 4.90 Å². The van der Waals surface area contributed by atoms with Crippen LogP contribution >= 0.6 is 0 Å². The van der Waals surface area contributed by atoms with Crippen LogP contribution < -0.4 is 21.3 Å². The maximum Gasteiger partial charge on any atom is 0.326 e. The number of likely N-dealkylation sites (tertiary alicyclic amines) is 1. The second-order valence-electron chi connectivity index (χ2n) is 16.2.